The molecule has 4 rings (SSSR count). The molecule has 2 aliphatic rings. The van der Waals surface area contributed by atoms with E-state index in [4.69, 9.17) is 22.1 Å². The molecule has 0 unspecified atom stereocenters. The highest BCUT2D eigenvalue weighted by atomic mass is 35.5. The fourth-order valence-corrected chi connectivity index (χ4v) is 5.82. The Kier molecular flexibility index (Phi) is 7.17. The van der Waals surface area contributed by atoms with Crippen molar-refractivity contribution >= 4 is 23.4 Å². The van der Waals surface area contributed by atoms with Crippen LogP contribution in [-0.4, -0.2) is 36.4 Å². The van der Waals surface area contributed by atoms with Crippen LogP contribution in [0.1, 0.15) is 56.1 Å². The maximum Gasteiger partial charge on any atom is 0.233 e. The number of carbonyl (C=O) groups is 2. The van der Waals surface area contributed by atoms with Crippen molar-refractivity contribution in [2.45, 2.75) is 57.3 Å². The second kappa shape index (κ2) is 9.95. The molecule has 1 aliphatic heterocycles. The Bertz CT molecular complexity index is 1070. The number of nitrogens with two attached hydrogens (primary N) is 1. The van der Waals surface area contributed by atoms with Gasteiger partial charge in [-0.15, -0.1) is 0 Å². The predicted molar refractivity (Wildman–Crippen MR) is 130 cm³/mol. The van der Waals surface area contributed by atoms with Crippen molar-refractivity contribution in [3.05, 3.63) is 64.4 Å². The Labute approximate surface area is 205 Å². The van der Waals surface area contributed by atoms with E-state index < -0.39 is 16.7 Å². The molecule has 2 amide bonds. The average Bonchev–Trinajstić information content (AvgIpc) is 3.30. The van der Waals surface area contributed by atoms with Crippen LogP contribution in [0.3, 0.4) is 0 Å². The smallest absolute Gasteiger partial charge is 0.233 e. The van der Waals surface area contributed by atoms with Crippen LogP contribution < -0.4 is 10.5 Å². The summed E-state index contributed by atoms with van der Waals surface area (Å²) in [5.74, 6) is -0.0523. The molecule has 34 heavy (non-hydrogen) atoms. The number of hydrogen-bond donors (Lipinski definition) is 1. The summed E-state index contributed by atoms with van der Waals surface area (Å²) in [5, 5.41) is 0.660. The summed E-state index contributed by atoms with van der Waals surface area (Å²) in [4.78, 5) is 27.9. The summed E-state index contributed by atoms with van der Waals surface area (Å²) in [6, 6.07) is 11.9. The zero-order valence-corrected chi connectivity index (χ0v) is 20.4. The minimum Gasteiger partial charge on any atom is -0.493 e. The standard InChI is InChI=1S/C27H32ClFN2O3/c1-19-14-22(8-9-23(19)28)34-18-26(16-24(30)32)10-5-13-31(17-26)25(33)27(11-2-3-12-27)20-6-4-7-21(29)15-20/h4,6-9,14-15H,2-3,5,10-13,16-18H2,1H3,(H2,30,32)/t26-/m0/s1. The molecule has 0 spiro atoms. The fraction of sp³-hybridized carbons (Fsp3) is 0.481. The number of aryl methyl sites for hydroxylation is 1. The van der Waals surface area contributed by atoms with Crippen molar-refractivity contribution in [1.29, 1.82) is 0 Å². The topological polar surface area (TPSA) is 72.6 Å². The van der Waals surface area contributed by atoms with Gasteiger partial charge >= 0.3 is 0 Å². The minimum atomic E-state index is -0.716. The molecule has 0 radical (unpaired) electrons. The van der Waals surface area contributed by atoms with Crippen LogP contribution in [0.4, 0.5) is 4.39 Å². The Balaban J connectivity index is 1.58. The largest absolute Gasteiger partial charge is 0.493 e. The molecule has 2 fully saturated rings. The normalized spacial score (nSPS) is 21.9. The first kappa shape index (κ1) is 24.5. The van der Waals surface area contributed by atoms with Crippen LogP contribution in [0.5, 0.6) is 5.75 Å². The number of piperidine rings is 1. The van der Waals surface area contributed by atoms with Gasteiger partial charge < -0.3 is 15.4 Å². The lowest BCUT2D eigenvalue weighted by Gasteiger charge is -2.45. The SMILES string of the molecule is Cc1cc(OC[C@]2(CC(N)=O)CCCN(C(=O)C3(c4cccc(F)c4)CCCC3)C2)ccc1Cl. The molecular formula is C27H32ClFN2O3. The van der Waals surface area contributed by atoms with Gasteiger partial charge in [0.2, 0.25) is 11.8 Å². The van der Waals surface area contributed by atoms with Gasteiger partial charge in [0.15, 0.2) is 0 Å². The molecule has 1 aliphatic carbocycles. The van der Waals surface area contributed by atoms with Crippen LogP contribution in [0.25, 0.3) is 0 Å². The number of benzene rings is 2. The van der Waals surface area contributed by atoms with E-state index in [1.165, 1.54) is 12.1 Å². The number of hydrogen-bond acceptors (Lipinski definition) is 3. The van der Waals surface area contributed by atoms with Crippen molar-refractivity contribution in [3.8, 4) is 5.75 Å². The molecule has 2 aromatic carbocycles. The van der Waals surface area contributed by atoms with E-state index in [0.29, 0.717) is 36.7 Å². The average molecular weight is 487 g/mol. The third-order valence-corrected chi connectivity index (χ3v) is 7.84. The molecule has 1 heterocycles. The number of carbonyl (C=O) groups excluding carboxylic acids is 2. The maximum atomic E-state index is 14.1. The van der Waals surface area contributed by atoms with Crippen molar-refractivity contribution < 1.29 is 18.7 Å². The Morgan fingerprint density at radius 3 is 2.56 bits per heavy atom. The molecule has 2 aromatic rings. The first-order valence-electron chi connectivity index (χ1n) is 12.0. The third kappa shape index (κ3) is 5.07. The van der Waals surface area contributed by atoms with E-state index in [9.17, 15) is 14.0 Å². The monoisotopic (exact) mass is 486 g/mol. The van der Waals surface area contributed by atoms with E-state index in [2.05, 4.69) is 0 Å². The van der Waals surface area contributed by atoms with Crippen LogP contribution in [0.15, 0.2) is 42.5 Å². The first-order chi connectivity index (χ1) is 16.2. The second-order valence-corrected chi connectivity index (χ2v) is 10.4. The van der Waals surface area contributed by atoms with Gasteiger partial charge in [-0.25, -0.2) is 4.39 Å². The Morgan fingerprint density at radius 1 is 1.12 bits per heavy atom. The van der Waals surface area contributed by atoms with Crippen LogP contribution in [0, 0.1) is 18.2 Å². The number of nitrogens with zero attached hydrogens (tertiary/aromatic N) is 1. The van der Waals surface area contributed by atoms with Gasteiger partial charge in [-0.1, -0.05) is 36.6 Å². The van der Waals surface area contributed by atoms with Crippen molar-refractivity contribution in [2.24, 2.45) is 11.1 Å². The number of rotatable bonds is 7. The second-order valence-electron chi connectivity index (χ2n) is 9.97. The summed E-state index contributed by atoms with van der Waals surface area (Å²) in [7, 11) is 0. The van der Waals surface area contributed by atoms with E-state index >= 15 is 0 Å². The minimum absolute atomic E-state index is 0.0199. The summed E-state index contributed by atoms with van der Waals surface area (Å²) >= 11 is 6.13. The van der Waals surface area contributed by atoms with Crippen LogP contribution in [0.2, 0.25) is 5.02 Å². The van der Waals surface area contributed by atoms with E-state index in [0.717, 1.165) is 36.8 Å². The van der Waals surface area contributed by atoms with Crippen LogP contribution in [-0.2, 0) is 15.0 Å². The number of ether oxygens (including phenoxy) is 1. The molecule has 5 nitrogen and oxygen atoms in total. The molecule has 1 atom stereocenters. The third-order valence-electron chi connectivity index (χ3n) is 7.42. The van der Waals surface area contributed by atoms with Gasteiger partial charge in [0.05, 0.1) is 12.0 Å². The van der Waals surface area contributed by atoms with Gasteiger partial charge in [0.1, 0.15) is 11.6 Å². The van der Waals surface area contributed by atoms with E-state index in [-0.39, 0.29) is 24.8 Å². The maximum absolute atomic E-state index is 14.1. The molecule has 0 bridgehead atoms. The Hall–Kier alpha value is -2.60. The van der Waals surface area contributed by atoms with Gasteiger partial charge in [-0.05, 0) is 74.1 Å². The number of amides is 2. The lowest BCUT2D eigenvalue weighted by molar-refractivity contribution is -0.143. The lowest BCUT2D eigenvalue weighted by atomic mass is 9.74. The lowest BCUT2D eigenvalue weighted by Crippen LogP contribution is -2.54. The molecule has 1 saturated heterocycles. The van der Waals surface area contributed by atoms with Gasteiger partial charge in [0.25, 0.3) is 0 Å². The number of halogens is 2. The van der Waals surface area contributed by atoms with Gasteiger partial charge in [-0.3, -0.25) is 9.59 Å². The molecule has 7 heteroatoms. The zero-order chi connectivity index (χ0) is 24.3. The van der Waals surface area contributed by atoms with Crippen LogP contribution >= 0.6 is 11.6 Å². The predicted octanol–water partition coefficient (Wildman–Crippen LogP) is 5.16. The van der Waals surface area contributed by atoms with Gasteiger partial charge in [0, 0.05) is 29.9 Å². The highest BCUT2D eigenvalue weighted by molar-refractivity contribution is 6.31. The Morgan fingerprint density at radius 2 is 1.88 bits per heavy atom. The number of primary amides is 1. The van der Waals surface area contributed by atoms with Crippen molar-refractivity contribution in [1.82, 2.24) is 4.90 Å². The summed E-state index contributed by atoms with van der Waals surface area (Å²) < 4.78 is 20.2. The molecular weight excluding hydrogens is 455 g/mol. The highest BCUT2D eigenvalue weighted by Crippen LogP contribution is 2.45. The quantitative estimate of drug-likeness (QED) is 0.587. The summed E-state index contributed by atoms with van der Waals surface area (Å²) in [5.41, 5.74) is 6.00. The van der Waals surface area contributed by atoms with E-state index in [1.54, 1.807) is 18.2 Å². The van der Waals surface area contributed by atoms with Gasteiger partial charge in [-0.2, -0.15) is 0 Å². The summed E-state index contributed by atoms with van der Waals surface area (Å²) in [6.45, 7) is 3.17. The first-order valence-corrected chi connectivity index (χ1v) is 12.3. The fourth-order valence-electron chi connectivity index (χ4n) is 5.70. The molecule has 0 aromatic heterocycles. The highest BCUT2D eigenvalue weighted by Gasteiger charge is 2.48. The number of likely N-dealkylation sites (tertiary alicyclic amines) is 1. The zero-order valence-electron chi connectivity index (χ0n) is 19.6. The molecule has 2 N–H and O–H groups in total. The summed E-state index contributed by atoms with van der Waals surface area (Å²) in [6.07, 6.45) is 4.89. The molecule has 182 valence electrons. The van der Waals surface area contributed by atoms with E-state index in [1.807, 2.05) is 24.0 Å². The molecule has 1 saturated carbocycles. The van der Waals surface area contributed by atoms with Crippen molar-refractivity contribution in [3.63, 3.8) is 0 Å². The van der Waals surface area contributed by atoms with Crippen molar-refractivity contribution in [2.75, 3.05) is 19.7 Å².